The lowest BCUT2D eigenvalue weighted by Crippen LogP contribution is -2.15. The molecule has 24 heavy (non-hydrogen) atoms. The molecule has 0 aliphatic heterocycles. The van der Waals surface area contributed by atoms with Gasteiger partial charge in [0, 0.05) is 19.2 Å². The number of nitrogens with zero attached hydrogens (tertiary/aromatic N) is 3. The summed E-state index contributed by atoms with van der Waals surface area (Å²) < 4.78 is 5.32. The summed E-state index contributed by atoms with van der Waals surface area (Å²) in [6.07, 6.45) is 2.86. The average Bonchev–Trinajstić information content (AvgIpc) is 3.08. The SMILES string of the molecule is C[C@@H](O)CNc1ccc(-c2nc(CCc3ccccc3)no2)cn1. The number of nitrogens with one attached hydrogen (secondary N) is 1. The van der Waals surface area contributed by atoms with Gasteiger partial charge in [-0.2, -0.15) is 4.98 Å². The minimum Gasteiger partial charge on any atom is -0.392 e. The molecule has 1 aromatic carbocycles. The van der Waals surface area contributed by atoms with Crippen molar-refractivity contribution < 1.29 is 9.63 Å². The van der Waals surface area contributed by atoms with Crippen molar-refractivity contribution in [1.29, 1.82) is 0 Å². The predicted molar refractivity (Wildman–Crippen MR) is 91.5 cm³/mol. The van der Waals surface area contributed by atoms with Gasteiger partial charge in [-0.05, 0) is 31.0 Å². The molecule has 2 N–H and O–H groups in total. The Labute approximate surface area is 140 Å². The maximum Gasteiger partial charge on any atom is 0.259 e. The Morgan fingerprint density at radius 3 is 2.67 bits per heavy atom. The number of anilines is 1. The first-order chi connectivity index (χ1) is 11.7. The lowest BCUT2D eigenvalue weighted by atomic mass is 10.1. The second-order valence-electron chi connectivity index (χ2n) is 5.66. The molecule has 6 heteroatoms. The Hall–Kier alpha value is -2.73. The van der Waals surface area contributed by atoms with Gasteiger partial charge in [-0.25, -0.2) is 4.98 Å². The Morgan fingerprint density at radius 2 is 1.96 bits per heavy atom. The topological polar surface area (TPSA) is 84.1 Å². The predicted octanol–water partition coefficient (Wildman–Crippen LogP) is 2.71. The van der Waals surface area contributed by atoms with E-state index in [-0.39, 0.29) is 0 Å². The van der Waals surface area contributed by atoms with Gasteiger partial charge >= 0.3 is 0 Å². The largest absolute Gasteiger partial charge is 0.392 e. The number of pyridine rings is 1. The molecular formula is C18H20N4O2. The molecule has 0 radical (unpaired) electrons. The molecule has 1 atom stereocenters. The van der Waals surface area contributed by atoms with Crippen LogP contribution in [-0.2, 0) is 12.8 Å². The van der Waals surface area contributed by atoms with Crippen molar-refractivity contribution in [3.8, 4) is 11.5 Å². The zero-order chi connectivity index (χ0) is 16.8. The zero-order valence-electron chi connectivity index (χ0n) is 13.5. The van der Waals surface area contributed by atoms with Crippen LogP contribution in [0.25, 0.3) is 11.5 Å². The molecule has 0 fully saturated rings. The molecular weight excluding hydrogens is 304 g/mol. The highest BCUT2D eigenvalue weighted by atomic mass is 16.5. The fraction of sp³-hybridized carbons (Fsp3) is 0.278. The third-order valence-corrected chi connectivity index (χ3v) is 3.54. The zero-order valence-corrected chi connectivity index (χ0v) is 13.5. The Bertz CT molecular complexity index is 754. The second kappa shape index (κ2) is 7.70. The summed E-state index contributed by atoms with van der Waals surface area (Å²) in [6, 6.07) is 13.9. The van der Waals surface area contributed by atoms with Crippen LogP contribution in [0, 0.1) is 0 Å². The van der Waals surface area contributed by atoms with E-state index in [1.807, 2.05) is 30.3 Å². The van der Waals surface area contributed by atoms with E-state index in [2.05, 4.69) is 32.6 Å². The molecule has 3 rings (SSSR count). The molecule has 0 saturated carbocycles. The second-order valence-corrected chi connectivity index (χ2v) is 5.66. The molecule has 2 aromatic heterocycles. The van der Waals surface area contributed by atoms with Crippen molar-refractivity contribution in [1.82, 2.24) is 15.1 Å². The summed E-state index contributed by atoms with van der Waals surface area (Å²) in [5, 5.41) is 16.3. The molecule has 0 amide bonds. The number of rotatable bonds is 7. The van der Waals surface area contributed by atoms with Crippen LogP contribution in [0.1, 0.15) is 18.3 Å². The first kappa shape index (κ1) is 16.1. The van der Waals surface area contributed by atoms with Crippen molar-refractivity contribution in [2.45, 2.75) is 25.9 Å². The average molecular weight is 324 g/mol. The fourth-order valence-corrected chi connectivity index (χ4v) is 2.25. The van der Waals surface area contributed by atoms with Crippen molar-refractivity contribution in [2.24, 2.45) is 0 Å². The minimum absolute atomic E-state index is 0.422. The maximum atomic E-state index is 9.26. The first-order valence-electron chi connectivity index (χ1n) is 7.95. The summed E-state index contributed by atoms with van der Waals surface area (Å²) in [6.45, 7) is 2.17. The van der Waals surface area contributed by atoms with Crippen LogP contribution in [0.5, 0.6) is 0 Å². The van der Waals surface area contributed by atoms with Crippen molar-refractivity contribution >= 4 is 5.82 Å². The van der Waals surface area contributed by atoms with Gasteiger partial charge in [0.2, 0.25) is 0 Å². The summed E-state index contributed by atoms with van der Waals surface area (Å²) in [7, 11) is 0. The fourth-order valence-electron chi connectivity index (χ4n) is 2.25. The number of aliphatic hydroxyl groups excluding tert-OH is 1. The van der Waals surface area contributed by atoms with Crippen LogP contribution < -0.4 is 5.32 Å². The van der Waals surface area contributed by atoms with Crippen molar-refractivity contribution in [3.63, 3.8) is 0 Å². The van der Waals surface area contributed by atoms with Crippen molar-refractivity contribution in [3.05, 3.63) is 60.0 Å². The van der Waals surface area contributed by atoms with Crippen LogP contribution in [0.3, 0.4) is 0 Å². The lowest BCUT2D eigenvalue weighted by molar-refractivity contribution is 0.208. The standard InChI is InChI=1S/C18H20N4O2/c1-13(23)11-19-16-10-8-15(12-20-16)18-21-17(22-24-18)9-7-14-5-3-2-4-6-14/h2-6,8,10,12-13,23H,7,9,11H2,1H3,(H,19,20)/t13-/m1/s1. The molecule has 2 heterocycles. The third kappa shape index (κ3) is 4.39. The number of benzene rings is 1. The number of hydrogen-bond donors (Lipinski definition) is 2. The van der Waals surface area contributed by atoms with Crippen LogP contribution in [0.2, 0.25) is 0 Å². The van der Waals surface area contributed by atoms with E-state index < -0.39 is 6.10 Å². The highest BCUT2D eigenvalue weighted by Gasteiger charge is 2.09. The molecule has 0 aliphatic rings. The number of aromatic nitrogens is 3. The van der Waals surface area contributed by atoms with E-state index in [0.29, 0.717) is 24.1 Å². The van der Waals surface area contributed by atoms with E-state index in [9.17, 15) is 5.11 Å². The van der Waals surface area contributed by atoms with E-state index >= 15 is 0 Å². The normalized spacial score (nSPS) is 12.1. The number of hydrogen-bond acceptors (Lipinski definition) is 6. The molecule has 0 unspecified atom stereocenters. The molecule has 3 aromatic rings. The third-order valence-electron chi connectivity index (χ3n) is 3.54. The number of aryl methyl sites for hydroxylation is 2. The van der Waals surface area contributed by atoms with Gasteiger partial charge in [0.15, 0.2) is 5.82 Å². The molecule has 6 nitrogen and oxygen atoms in total. The molecule has 0 spiro atoms. The van der Waals surface area contributed by atoms with Gasteiger partial charge in [-0.3, -0.25) is 0 Å². The van der Waals surface area contributed by atoms with Gasteiger partial charge in [-0.1, -0.05) is 35.5 Å². The van der Waals surface area contributed by atoms with E-state index in [0.717, 1.165) is 18.4 Å². The van der Waals surface area contributed by atoms with Gasteiger partial charge in [0.25, 0.3) is 5.89 Å². The summed E-state index contributed by atoms with van der Waals surface area (Å²) in [5.74, 6) is 1.85. The Balaban J connectivity index is 1.60. The van der Waals surface area contributed by atoms with Gasteiger partial charge in [0.05, 0.1) is 11.7 Å². The first-order valence-corrected chi connectivity index (χ1v) is 7.95. The monoisotopic (exact) mass is 324 g/mol. The highest BCUT2D eigenvalue weighted by Crippen LogP contribution is 2.18. The quantitative estimate of drug-likeness (QED) is 0.695. The van der Waals surface area contributed by atoms with Gasteiger partial charge in [-0.15, -0.1) is 0 Å². The van der Waals surface area contributed by atoms with Crippen LogP contribution >= 0.6 is 0 Å². The number of aliphatic hydroxyl groups is 1. The summed E-state index contributed by atoms with van der Waals surface area (Å²) in [5.41, 5.74) is 2.02. The van der Waals surface area contributed by atoms with Gasteiger partial charge < -0.3 is 14.9 Å². The smallest absolute Gasteiger partial charge is 0.259 e. The van der Waals surface area contributed by atoms with Gasteiger partial charge in [0.1, 0.15) is 5.82 Å². The summed E-state index contributed by atoms with van der Waals surface area (Å²) in [4.78, 5) is 8.70. The van der Waals surface area contributed by atoms with E-state index in [4.69, 9.17) is 4.52 Å². The van der Waals surface area contributed by atoms with E-state index in [1.54, 1.807) is 13.1 Å². The Morgan fingerprint density at radius 1 is 1.12 bits per heavy atom. The molecule has 0 bridgehead atoms. The Kier molecular flexibility index (Phi) is 5.18. The van der Waals surface area contributed by atoms with Crippen LogP contribution in [0.15, 0.2) is 53.2 Å². The van der Waals surface area contributed by atoms with Crippen molar-refractivity contribution in [2.75, 3.05) is 11.9 Å². The highest BCUT2D eigenvalue weighted by molar-refractivity contribution is 5.54. The van der Waals surface area contributed by atoms with E-state index in [1.165, 1.54) is 5.56 Å². The minimum atomic E-state index is -0.422. The maximum absolute atomic E-state index is 9.26. The van der Waals surface area contributed by atoms with Crippen LogP contribution in [0.4, 0.5) is 5.82 Å². The molecule has 0 saturated heterocycles. The lowest BCUT2D eigenvalue weighted by Gasteiger charge is -2.07. The van der Waals surface area contributed by atoms with Crippen LogP contribution in [-0.4, -0.2) is 32.9 Å². The summed E-state index contributed by atoms with van der Waals surface area (Å²) >= 11 is 0. The molecule has 124 valence electrons. The molecule has 0 aliphatic carbocycles.